The number of aromatic nitrogens is 2. The van der Waals surface area contributed by atoms with E-state index in [1.807, 2.05) is 20.9 Å². The molecule has 2 unspecified atom stereocenters. The van der Waals surface area contributed by atoms with Crippen LogP contribution in [-0.2, 0) is 7.05 Å². The lowest BCUT2D eigenvalue weighted by Gasteiger charge is -2.33. The molecule has 0 aliphatic carbocycles. The first-order chi connectivity index (χ1) is 12.4. The van der Waals surface area contributed by atoms with Crippen LogP contribution in [0.4, 0.5) is 8.78 Å². The van der Waals surface area contributed by atoms with E-state index in [0.29, 0.717) is 17.8 Å². The van der Waals surface area contributed by atoms with E-state index in [9.17, 15) is 13.6 Å². The Labute approximate surface area is 163 Å². The molecule has 1 aromatic carbocycles. The van der Waals surface area contributed by atoms with Gasteiger partial charge in [-0.2, -0.15) is 5.10 Å². The standard InChI is InChI=1S/C19H24F2N4O.ClH/c1-11(2)18-9-16(24-25(18)3)19(26)23-17-10-22-7-6-13(17)12-4-5-14(20)15(21)8-12;/h4-5,8-9,11,13,17,22H,6-7,10H2,1-3H3,(H,23,26);1H. The molecule has 0 bridgehead atoms. The van der Waals surface area contributed by atoms with Crippen molar-refractivity contribution in [2.24, 2.45) is 7.05 Å². The maximum Gasteiger partial charge on any atom is 0.272 e. The zero-order valence-electron chi connectivity index (χ0n) is 15.6. The molecular formula is C19H25ClF2N4O. The summed E-state index contributed by atoms with van der Waals surface area (Å²) < 4.78 is 28.6. The van der Waals surface area contributed by atoms with Crippen LogP contribution in [0, 0.1) is 11.6 Å². The van der Waals surface area contributed by atoms with E-state index in [0.717, 1.165) is 24.7 Å². The summed E-state index contributed by atoms with van der Waals surface area (Å²) in [6, 6.07) is 5.53. The number of hydrogen-bond donors (Lipinski definition) is 2. The average molecular weight is 399 g/mol. The number of rotatable bonds is 4. The van der Waals surface area contributed by atoms with Gasteiger partial charge in [-0.05, 0) is 42.6 Å². The van der Waals surface area contributed by atoms with Crippen molar-refractivity contribution in [1.29, 1.82) is 0 Å². The minimum absolute atomic E-state index is 0. The van der Waals surface area contributed by atoms with Gasteiger partial charge in [0.2, 0.25) is 0 Å². The van der Waals surface area contributed by atoms with Gasteiger partial charge >= 0.3 is 0 Å². The third-order valence-electron chi connectivity index (χ3n) is 4.91. The van der Waals surface area contributed by atoms with Crippen LogP contribution in [0.1, 0.15) is 53.8 Å². The number of benzene rings is 1. The van der Waals surface area contributed by atoms with Crippen molar-refractivity contribution < 1.29 is 13.6 Å². The van der Waals surface area contributed by atoms with Crippen molar-refractivity contribution in [3.63, 3.8) is 0 Å². The number of nitrogens with zero attached hydrogens (tertiary/aromatic N) is 2. The second kappa shape index (κ2) is 8.80. The molecule has 5 nitrogen and oxygen atoms in total. The minimum Gasteiger partial charge on any atom is -0.346 e. The molecule has 1 aliphatic rings. The lowest BCUT2D eigenvalue weighted by Crippen LogP contribution is -2.50. The van der Waals surface area contributed by atoms with Crippen LogP contribution in [0.25, 0.3) is 0 Å². The van der Waals surface area contributed by atoms with Crippen molar-refractivity contribution in [3.8, 4) is 0 Å². The van der Waals surface area contributed by atoms with E-state index >= 15 is 0 Å². The molecular weight excluding hydrogens is 374 g/mol. The van der Waals surface area contributed by atoms with E-state index in [1.165, 1.54) is 6.07 Å². The predicted molar refractivity (Wildman–Crippen MR) is 102 cm³/mol. The molecule has 0 saturated carbocycles. The Kier molecular flexibility index (Phi) is 6.95. The van der Waals surface area contributed by atoms with Gasteiger partial charge in [0.15, 0.2) is 11.6 Å². The van der Waals surface area contributed by atoms with E-state index in [1.54, 1.807) is 16.8 Å². The number of carbonyl (C=O) groups is 1. The van der Waals surface area contributed by atoms with Crippen molar-refractivity contribution >= 4 is 18.3 Å². The van der Waals surface area contributed by atoms with Gasteiger partial charge in [-0.25, -0.2) is 8.78 Å². The number of piperidine rings is 1. The van der Waals surface area contributed by atoms with Gasteiger partial charge in [0, 0.05) is 31.2 Å². The summed E-state index contributed by atoms with van der Waals surface area (Å²) in [4.78, 5) is 12.7. The van der Waals surface area contributed by atoms with Crippen molar-refractivity contribution in [2.75, 3.05) is 13.1 Å². The van der Waals surface area contributed by atoms with Crippen LogP contribution in [0.15, 0.2) is 24.3 Å². The Bertz CT molecular complexity index is 809. The summed E-state index contributed by atoms with van der Waals surface area (Å²) in [7, 11) is 1.82. The van der Waals surface area contributed by atoms with Gasteiger partial charge in [-0.3, -0.25) is 9.48 Å². The molecule has 2 N–H and O–H groups in total. The first-order valence-corrected chi connectivity index (χ1v) is 8.87. The number of aryl methyl sites for hydroxylation is 1. The second-order valence-corrected chi connectivity index (χ2v) is 7.09. The topological polar surface area (TPSA) is 59.0 Å². The minimum atomic E-state index is -0.864. The van der Waals surface area contributed by atoms with Crippen molar-refractivity contribution in [1.82, 2.24) is 20.4 Å². The largest absolute Gasteiger partial charge is 0.346 e. The molecule has 2 aromatic rings. The zero-order valence-corrected chi connectivity index (χ0v) is 16.4. The van der Waals surface area contributed by atoms with Crippen molar-refractivity contribution in [3.05, 3.63) is 52.9 Å². The van der Waals surface area contributed by atoms with Gasteiger partial charge in [0.1, 0.15) is 5.69 Å². The van der Waals surface area contributed by atoms with Crippen LogP contribution >= 0.6 is 12.4 Å². The lowest BCUT2D eigenvalue weighted by molar-refractivity contribution is 0.0918. The van der Waals surface area contributed by atoms with Crippen LogP contribution < -0.4 is 10.6 Å². The molecule has 1 aliphatic heterocycles. The highest BCUT2D eigenvalue weighted by Crippen LogP contribution is 2.27. The van der Waals surface area contributed by atoms with Gasteiger partial charge in [-0.1, -0.05) is 19.9 Å². The first kappa shape index (κ1) is 21.3. The number of carbonyl (C=O) groups excluding carboxylic acids is 1. The van der Waals surface area contributed by atoms with Crippen LogP contribution in [0.2, 0.25) is 0 Å². The highest BCUT2D eigenvalue weighted by molar-refractivity contribution is 5.92. The maximum atomic E-state index is 13.6. The Balaban J connectivity index is 0.00000261. The van der Waals surface area contributed by atoms with Crippen LogP contribution in [0.5, 0.6) is 0 Å². The summed E-state index contributed by atoms with van der Waals surface area (Å²) >= 11 is 0. The smallest absolute Gasteiger partial charge is 0.272 e. The molecule has 1 amide bonds. The van der Waals surface area contributed by atoms with Gasteiger partial charge < -0.3 is 10.6 Å². The Morgan fingerprint density at radius 1 is 1.30 bits per heavy atom. The molecule has 0 radical (unpaired) electrons. The Hall–Kier alpha value is -1.99. The van der Waals surface area contributed by atoms with Crippen molar-refractivity contribution in [2.45, 2.75) is 38.1 Å². The molecule has 1 saturated heterocycles. The highest BCUT2D eigenvalue weighted by Gasteiger charge is 2.29. The van der Waals surface area contributed by atoms with E-state index in [-0.39, 0.29) is 36.2 Å². The fraction of sp³-hybridized carbons (Fsp3) is 0.474. The molecule has 8 heteroatoms. The molecule has 3 rings (SSSR count). The summed E-state index contributed by atoms with van der Waals surface area (Å²) in [6.45, 7) is 5.42. The first-order valence-electron chi connectivity index (χ1n) is 8.87. The third-order valence-corrected chi connectivity index (χ3v) is 4.91. The fourth-order valence-corrected chi connectivity index (χ4v) is 3.53. The fourth-order valence-electron chi connectivity index (χ4n) is 3.53. The summed E-state index contributed by atoms with van der Waals surface area (Å²) in [5.74, 6) is -1.80. The van der Waals surface area contributed by atoms with E-state index in [2.05, 4.69) is 15.7 Å². The summed E-state index contributed by atoms with van der Waals surface area (Å²) in [5.41, 5.74) is 2.04. The SMILES string of the molecule is CC(C)c1cc(C(=O)NC2CNCCC2c2ccc(F)c(F)c2)nn1C.Cl. The lowest BCUT2D eigenvalue weighted by atomic mass is 9.86. The predicted octanol–water partition coefficient (Wildman–Crippen LogP) is 3.12. The molecule has 27 heavy (non-hydrogen) atoms. The number of amides is 1. The molecule has 1 aromatic heterocycles. The Morgan fingerprint density at radius 3 is 2.67 bits per heavy atom. The van der Waals surface area contributed by atoms with Gasteiger partial charge in [-0.15, -0.1) is 12.4 Å². The molecule has 2 atom stereocenters. The third kappa shape index (κ3) is 4.65. The van der Waals surface area contributed by atoms with Gasteiger partial charge in [0.05, 0.1) is 0 Å². The van der Waals surface area contributed by atoms with Crippen LogP contribution in [0.3, 0.4) is 0 Å². The monoisotopic (exact) mass is 398 g/mol. The highest BCUT2D eigenvalue weighted by atomic mass is 35.5. The quantitative estimate of drug-likeness (QED) is 0.831. The molecule has 2 heterocycles. The normalized spacial score (nSPS) is 19.6. The van der Waals surface area contributed by atoms with Gasteiger partial charge in [0.25, 0.3) is 5.91 Å². The molecule has 0 spiro atoms. The molecule has 148 valence electrons. The number of nitrogens with one attached hydrogen (secondary N) is 2. The average Bonchev–Trinajstić information content (AvgIpc) is 3.00. The zero-order chi connectivity index (χ0) is 18.8. The van der Waals surface area contributed by atoms with E-state index < -0.39 is 11.6 Å². The number of halogens is 3. The maximum absolute atomic E-state index is 13.6. The Morgan fingerprint density at radius 2 is 2.04 bits per heavy atom. The summed E-state index contributed by atoms with van der Waals surface area (Å²) in [6.07, 6.45) is 0.732. The summed E-state index contributed by atoms with van der Waals surface area (Å²) in [5, 5.41) is 10.5. The number of hydrogen-bond acceptors (Lipinski definition) is 3. The molecule has 1 fully saturated rings. The van der Waals surface area contributed by atoms with Crippen LogP contribution in [-0.4, -0.2) is 34.8 Å². The van der Waals surface area contributed by atoms with E-state index in [4.69, 9.17) is 0 Å². The second-order valence-electron chi connectivity index (χ2n) is 7.09.